The highest BCUT2D eigenvalue weighted by Gasteiger charge is 2.21. The summed E-state index contributed by atoms with van der Waals surface area (Å²) in [5, 5.41) is 8.66. The summed E-state index contributed by atoms with van der Waals surface area (Å²) in [4.78, 5) is 2.59. The molecule has 1 aliphatic rings. The second kappa shape index (κ2) is 8.90. The van der Waals surface area contributed by atoms with E-state index in [2.05, 4.69) is 18.7 Å². The summed E-state index contributed by atoms with van der Waals surface area (Å²) in [5.74, 6) is 0.810. The van der Waals surface area contributed by atoms with Gasteiger partial charge in [-0.1, -0.05) is 20.3 Å². The minimum absolute atomic E-state index is 0.136. The van der Waals surface area contributed by atoms with E-state index in [9.17, 15) is 0 Å². The predicted molar refractivity (Wildman–Crippen MR) is 71.2 cm³/mol. The van der Waals surface area contributed by atoms with Crippen LogP contribution in [0.5, 0.6) is 0 Å². The summed E-state index contributed by atoms with van der Waals surface area (Å²) >= 11 is 0. The van der Waals surface area contributed by atoms with Crippen LogP contribution in [0.25, 0.3) is 0 Å². The molecule has 0 aromatic heterocycles. The van der Waals surface area contributed by atoms with E-state index in [0.29, 0.717) is 6.61 Å². The van der Waals surface area contributed by atoms with E-state index in [-0.39, 0.29) is 6.61 Å². The lowest BCUT2D eigenvalue weighted by atomic mass is 9.95. The molecular weight excluding hydrogens is 214 g/mol. The number of rotatable bonds is 8. The maximum atomic E-state index is 8.66. The van der Waals surface area contributed by atoms with E-state index >= 15 is 0 Å². The normalized spacial score (nSPS) is 22.2. The van der Waals surface area contributed by atoms with Crippen molar-refractivity contribution in [1.29, 1.82) is 0 Å². The number of piperidine rings is 1. The quantitative estimate of drug-likeness (QED) is 0.664. The number of likely N-dealkylation sites (tertiary alicyclic amines) is 1. The van der Waals surface area contributed by atoms with Gasteiger partial charge in [0, 0.05) is 12.6 Å². The first-order valence-electron chi connectivity index (χ1n) is 7.16. The fraction of sp³-hybridized carbons (Fsp3) is 1.00. The molecule has 0 radical (unpaired) electrons. The van der Waals surface area contributed by atoms with E-state index in [1.165, 1.54) is 38.6 Å². The van der Waals surface area contributed by atoms with Gasteiger partial charge in [0.1, 0.15) is 0 Å². The van der Waals surface area contributed by atoms with E-state index in [1.807, 2.05) is 0 Å². The van der Waals surface area contributed by atoms with Crippen molar-refractivity contribution >= 4 is 0 Å². The molecule has 102 valence electrons. The Bertz CT molecular complexity index is 185. The minimum Gasteiger partial charge on any atom is -0.394 e. The first-order valence-corrected chi connectivity index (χ1v) is 7.16. The Labute approximate surface area is 106 Å². The average molecular weight is 243 g/mol. The van der Waals surface area contributed by atoms with Crippen molar-refractivity contribution in [3.8, 4) is 0 Å². The van der Waals surface area contributed by atoms with Gasteiger partial charge in [-0.2, -0.15) is 0 Å². The monoisotopic (exact) mass is 243 g/mol. The molecule has 0 amide bonds. The van der Waals surface area contributed by atoms with Crippen LogP contribution in [-0.2, 0) is 4.74 Å². The highest BCUT2D eigenvalue weighted by molar-refractivity contribution is 4.77. The van der Waals surface area contributed by atoms with Gasteiger partial charge in [0.2, 0.25) is 0 Å². The zero-order valence-corrected chi connectivity index (χ0v) is 11.5. The molecular formula is C14H29NO2. The fourth-order valence-electron chi connectivity index (χ4n) is 2.56. The van der Waals surface area contributed by atoms with Crippen LogP contribution in [0.1, 0.15) is 46.0 Å². The summed E-state index contributed by atoms with van der Waals surface area (Å²) in [6.07, 6.45) is 6.73. The summed E-state index contributed by atoms with van der Waals surface area (Å²) in [6.45, 7) is 8.24. The first kappa shape index (κ1) is 14.9. The maximum Gasteiger partial charge on any atom is 0.0698 e. The minimum atomic E-state index is 0.136. The summed E-state index contributed by atoms with van der Waals surface area (Å²) < 4.78 is 5.37. The lowest BCUT2D eigenvalue weighted by molar-refractivity contribution is 0.0506. The van der Waals surface area contributed by atoms with Crippen LogP contribution in [0, 0.1) is 5.92 Å². The molecule has 0 aromatic carbocycles. The Morgan fingerprint density at radius 1 is 1.29 bits per heavy atom. The lowest BCUT2D eigenvalue weighted by Crippen LogP contribution is -2.41. The zero-order valence-electron chi connectivity index (χ0n) is 11.5. The highest BCUT2D eigenvalue weighted by atomic mass is 16.5. The van der Waals surface area contributed by atoms with E-state index in [4.69, 9.17) is 9.84 Å². The lowest BCUT2D eigenvalue weighted by Gasteiger charge is -2.36. The smallest absolute Gasteiger partial charge is 0.0698 e. The molecule has 1 atom stereocenters. The van der Waals surface area contributed by atoms with Gasteiger partial charge in [-0.15, -0.1) is 0 Å². The van der Waals surface area contributed by atoms with Gasteiger partial charge in [0.15, 0.2) is 0 Å². The Kier molecular flexibility index (Phi) is 7.82. The molecule has 0 spiro atoms. The van der Waals surface area contributed by atoms with Crippen LogP contribution in [0.2, 0.25) is 0 Å². The molecule has 0 aromatic rings. The van der Waals surface area contributed by atoms with Gasteiger partial charge in [0.25, 0.3) is 0 Å². The molecule has 1 rings (SSSR count). The van der Waals surface area contributed by atoms with Crippen molar-refractivity contribution in [2.24, 2.45) is 5.92 Å². The second-order valence-electron chi connectivity index (χ2n) is 5.49. The van der Waals surface area contributed by atoms with E-state index in [1.54, 1.807) is 0 Å². The first-order chi connectivity index (χ1) is 8.24. The van der Waals surface area contributed by atoms with E-state index < -0.39 is 0 Å². The average Bonchev–Trinajstić information content (AvgIpc) is 2.33. The van der Waals surface area contributed by atoms with Crippen molar-refractivity contribution in [2.75, 3.05) is 32.9 Å². The SMILES string of the molecule is CC(C)CCC1CCCCN1CCOCCO. The van der Waals surface area contributed by atoms with Crippen LogP contribution >= 0.6 is 0 Å². The predicted octanol–water partition coefficient (Wildman–Crippen LogP) is 2.29. The standard InChI is InChI=1S/C14H29NO2/c1-13(2)6-7-14-5-3-4-8-15(14)9-11-17-12-10-16/h13-14,16H,3-12H2,1-2H3. The molecule has 3 nitrogen and oxygen atoms in total. The van der Waals surface area contributed by atoms with Gasteiger partial charge < -0.3 is 9.84 Å². The number of aliphatic hydroxyl groups is 1. The molecule has 1 fully saturated rings. The largest absolute Gasteiger partial charge is 0.394 e. The summed E-state index contributed by atoms with van der Waals surface area (Å²) in [7, 11) is 0. The highest BCUT2D eigenvalue weighted by Crippen LogP contribution is 2.22. The Balaban J connectivity index is 2.22. The molecule has 17 heavy (non-hydrogen) atoms. The van der Waals surface area contributed by atoms with Crippen LogP contribution in [0.3, 0.4) is 0 Å². The molecule has 1 unspecified atom stereocenters. The Hall–Kier alpha value is -0.120. The van der Waals surface area contributed by atoms with Crippen LogP contribution in [0.4, 0.5) is 0 Å². The second-order valence-corrected chi connectivity index (χ2v) is 5.49. The zero-order chi connectivity index (χ0) is 12.5. The van der Waals surface area contributed by atoms with Gasteiger partial charge in [-0.25, -0.2) is 0 Å². The molecule has 0 saturated carbocycles. The number of hydrogen-bond acceptors (Lipinski definition) is 3. The van der Waals surface area contributed by atoms with Gasteiger partial charge >= 0.3 is 0 Å². The topological polar surface area (TPSA) is 32.7 Å². The number of aliphatic hydroxyl groups excluding tert-OH is 1. The van der Waals surface area contributed by atoms with Crippen molar-refractivity contribution < 1.29 is 9.84 Å². The Morgan fingerprint density at radius 3 is 2.82 bits per heavy atom. The van der Waals surface area contributed by atoms with Crippen molar-refractivity contribution in [1.82, 2.24) is 4.90 Å². The molecule has 1 saturated heterocycles. The third kappa shape index (κ3) is 6.39. The maximum absolute atomic E-state index is 8.66. The van der Waals surface area contributed by atoms with E-state index in [0.717, 1.165) is 25.1 Å². The molecule has 1 N–H and O–H groups in total. The van der Waals surface area contributed by atoms with Crippen molar-refractivity contribution in [3.05, 3.63) is 0 Å². The van der Waals surface area contributed by atoms with Gasteiger partial charge in [-0.05, 0) is 38.1 Å². The van der Waals surface area contributed by atoms with Crippen LogP contribution in [0.15, 0.2) is 0 Å². The van der Waals surface area contributed by atoms with Gasteiger partial charge in [0.05, 0.1) is 19.8 Å². The van der Waals surface area contributed by atoms with Crippen LogP contribution in [-0.4, -0.2) is 49.0 Å². The van der Waals surface area contributed by atoms with Crippen molar-refractivity contribution in [3.63, 3.8) is 0 Å². The van der Waals surface area contributed by atoms with Crippen molar-refractivity contribution in [2.45, 2.75) is 52.0 Å². The molecule has 0 bridgehead atoms. The summed E-state index contributed by atoms with van der Waals surface area (Å²) in [5.41, 5.74) is 0. The fourth-order valence-corrected chi connectivity index (χ4v) is 2.56. The third-order valence-corrected chi connectivity index (χ3v) is 3.58. The number of ether oxygens (including phenoxy) is 1. The molecule has 3 heteroatoms. The summed E-state index contributed by atoms with van der Waals surface area (Å²) in [6, 6.07) is 0.767. The number of hydrogen-bond donors (Lipinski definition) is 1. The Morgan fingerprint density at radius 2 is 2.12 bits per heavy atom. The number of nitrogens with zero attached hydrogens (tertiary/aromatic N) is 1. The van der Waals surface area contributed by atoms with Crippen LogP contribution < -0.4 is 0 Å². The molecule has 1 aliphatic heterocycles. The third-order valence-electron chi connectivity index (χ3n) is 3.58. The molecule has 1 heterocycles. The van der Waals surface area contributed by atoms with Gasteiger partial charge in [-0.3, -0.25) is 4.90 Å². The molecule has 0 aliphatic carbocycles.